The predicted octanol–water partition coefficient (Wildman–Crippen LogP) is 0.430. The van der Waals surface area contributed by atoms with Crippen LogP contribution in [0.1, 0.15) is 17.4 Å². The lowest BCUT2D eigenvalue weighted by atomic mass is 10.4. The monoisotopic (exact) mass is 263 g/mol. The van der Waals surface area contributed by atoms with Gasteiger partial charge in [-0.2, -0.15) is 5.10 Å². The molecule has 8 heteroatoms. The summed E-state index contributed by atoms with van der Waals surface area (Å²) in [4.78, 5) is 19.7. The van der Waals surface area contributed by atoms with Gasteiger partial charge in [0.05, 0.1) is 25.6 Å². The lowest BCUT2D eigenvalue weighted by Crippen LogP contribution is -2.09. The highest BCUT2D eigenvalue weighted by Gasteiger charge is 2.18. The molecule has 100 valence electrons. The van der Waals surface area contributed by atoms with E-state index in [4.69, 9.17) is 15.2 Å². The van der Waals surface area contributed by atoms with Crippen molar-refractivity contribution in [1.29, 1.82) is 0 Å². The Morgan fingerprint density at radius 3 is 2.84 bits per heavy atom. The third-order valence-electron chi connectivity index (χ3n) is 2.27. The van der Waals surface area contributed by atoms with Crippen molar-refractivity contribution in [3.8, 4) is 11.7 Å². The van der Waals surface area contributed by atoms with Crippen molar-refractivity contribution in [3.05, 3.63) is 24.3 Å². The molecule has 2 N–H and O–H groups in total. The standard InChI is InChI=1S/C11H13N5O3/c1-3-19-11(17)8-7(12)6-16(15-8)9-10(18-2)14-5-4-13-9/h4-6H,3,12H2,1-2H3. The summed E-state index contributed by atoms with van der Waals surface area (Å²) >= 11 is 0. The first-order valence-electron chi connectivity index (χ1n) is 5.55. The Morgan fingerprint density at radius 2 is 2.16 bits per heavy atom. The molecule has 2 rings (SSSR count). The van der Waals surface area contributed by atoms with E-state index in [-0.39, 0.29) is 23.9 Å². The molecule has 2 aromatic heterocycles. The fraction of sp³-hybridized carbons (Fsp3) is 0.273. The summed E-state index contributed by atoms with van der Waals surface area (Å²) in [6, 6.07) is 0. The maximum absolute atomic E-state index is 11.6. The number of hydrogen-bond acceptors (Lipinski definition) is 7. The minimum atomic E-state index is -0.582. The van der Waals surface area contributed by atoms with Crippen molar-refractivity contribution in [3.63, 3.8) is 0 Å². The van der Waals surface area contributed by atoms with Crippen LogP contribution >= 0.6 is 0 Å². The molecule has 8 nitrogen and oxygen atoms in total. The summed E-state index contributed by atoms with van der Waals surface area (Å²) < 4.78 is 11.2. The molecule has 19 heavy (non-hydrogen) atoms. The minimum Gasteiger partial charge on any atom is -0.478 e. The van der Waals surface area contributed by atoms with E-state index in [1.165, 1.54) is 30.4 Å². The second-order valence-electron chi connectivity index (χ2n) is 3.49. The predicted molar refractivity (Wildman–Crippen MR) is 66.1 cm³/mol. The fourth-order valence-corrected chi connectivity index (χ4v) is 1.47. The summed E-state index contributed by atoms with van der Waals surface area (Å²) in [5.74, 6) is 0.0364. The second-order valence-corrected chi connectivity index (χ2v) is 3.49. The number of esters is 1. The van der Waals surface area contributed by atoms with Gasteiger partial charge in [-0.05, 0) is 6.92 Å². The number of methoxy groups -OCH3 is 1. The van der Waals surface area contributed by atoms with Crippen LogP contribution in [-0.2, 0) is 4.74 Å². The topological polar surface area (TPSA) is 105 Å². The van der Waals surface area contributed by atoms with E-state index in [9.17, 15) is 4.79 Å². The van der Waals surface area contributed by atoms with Crippen molar-refractivity contribution in [2.45, 2.75) is 6.92 Å². The van der Waals surface area contributed by atoms with Crippen molar-refractivity contribution in [2.75, 3.05) is 19.5 Å². The molecule has 0 unspecified atom stereocenters. The molecule has 0 aliphatic carbocycles. The Bertz CT molecular complexity index is 596. The first kappa shape index (κ1) is 12.8. The van der Waals surface area contributed by atoms with Gasteiger partial charge < -0.3 is 15.2 Å². The molecule has 0 fully saturated rings. The number of carbonyl (C=O) groups is 1. The molecule has 0 aliphatic rings. The Hall–Kier alpha value is -2.64. The van der Waals surface area contributed by atoms with Gasteiger partial charge in [-0.15, -0.1) is 0 Å². The van der Waals surface area contributed by atoms with E-state index >= 15 is 0 Å². The summed E-state index contributed by atoms with van der Waals surface area (Å²) in [5, 5.41) is 4.04. The third kappa shape index (κ3) is 2.46. The van der Waals surface area contributed by atoms with Gasteiger partial charge >= 0.3 is 5.97 Å². The van der Waals surface area contributed by atoms with E-state index in [0.717, 1.165) is 0 Å². The number of aromatic nitrogens is 4. The van der Waals surface area contributed by atoms with Gasteiger partial charge in [0, 0.05) is 12.4 Å². The normalized spacial score (nSPS) is 10.2. The number of hydrogen-bond donors (Lipinski definition) is 1. The molecule has 0 aromatic carbocycles. The zero-order valence-corrected chi connectivity index (χ0v) is 10.5. The van der Waals surface area contributed by atoms with Crippen LogP contribution in [0, 0.1) is 0 Å². The second kappa shape index (κ2) is 5.34. The number of nitrogen functional groups attached to an aromatic ring is 1. The van der Waals surface area contributed by atoms with Gasteiger partial charge in [0.2, 0.25) is 5.82 Å². The third-order valence-corrected chi connectivity index (χ3v) is 2.27. The summed E-state index contributed by atoms with van der Waals surface area (Å²) in [5.41, 5.74) is 5.97. The average molecular weight is 263 g/mol. The molecule has 0 atom stereocenters. The number of anilines is 1. The molecule has 0 aliphatic heterocycles. The average Bonchev–Trinajstić information content (AvgIpc) is 2.81. The molecule has 2 aromatic rings. The number of nitrogens with zero attached hydrogens (tertiary/aromatic N) is 4. The Morgan fingerprint density at radius 1 is 1.42 bits per heavy atom. The molecule has 0 bridgehead atoms. The zero-order valence-electron chi connectivity index (χ0n) is 10.5. The number of carbonyl (C=O) groups excluding carboxylic acids is 1. The fourth-order valence-electron chi connectivity index (χ4n) is 1.47. The van der Waals surface area contributed by atoms with E-state index in [0.29, 0.717) is 5.82 Å². The van der Waals surface area contributed by atoms with Gasteiger partial charge in [-0.3, -0.25) is 0 Å². The number of ether oxygens (including phenoxy) is 2. The van der Waals surface area contributed by atoms with Gasteiger partial charge in [-0.1, -0.05) is 0 Å². The first-order valence-corrected chi connectivity index (χ1v) is 5.55. The summed E-state index contributed by atoms with van der Waals surface area (Å²) in [7, 11) is 1.46. The van der Waals surface area contributed by atoms with Gasteiger partial charge in [-0.25, -0.2) is 19.4 Å². The quantitative estimate of drug-likeness (QED) is 0.797. The zero-order chi connectivity index (χ0) is 13.8. The number of nitrogens with two attached hydrogens (primary N) is 1. The maximum Gasteiger partial charge on any atom is 0.361 e. The maximum atomic E-state index is 11.6. The SMILES string of the molecule is CCOC(=O)c1nn(-c2nccnc2OC)cc1N. The largest absolute Gasteiger partial charge is 0.478 e. The van der Waals surface area contributed by atoms with Gasteiger partial charge in [0.15, 0.2) is 5.69 Å². The molecular formula is C11H13N5O3. The van der Waals surface area contributed by atoms with Crippen LogP contribution in [0.3, 0.4) is 0 Å². The van der Waals surface area contributed by atoms with Crippen LogP contribution in [0.25, 0.3) is 5.82 Å². The Labute approximate surface area is 109 Å². The van der Waals surface area contributed by atoms with E-state index < -0.39 is 5.97 Å². The van der Waals surface area contributed by atoms with Gasteiger partial charge in [0.1, 0.15) is 0 Å². The highest BCUT2D eigenvalue weighted by atomic mass is 16.5. The smallest absolute Gasteiger partial charge is 0.361 e. The lowest BCUT2D eigenvalue weighted by Gasteiger charge is -2.04. The Balaban J connectivity index is 2.42. The molecule has 0 saturated heterocycles. The van der Waals surface area contributed by atoms with Crippen LogP contribution in [0.4, 0.5) is 5.69 Å². The molecule has 0 radical (unpaired) electrons. The van der Waals surface area contributed by atoms with Crippen LogP contribution < -0.4 is 10.5 Å². The first-order chi connectivity index (χ1) is 9.17. The van der Waals surface area contributed by atoms with E-state index in [1.54, 1.807) is 6.92 Å². The van der Waals surface area contributed by atoms with Crippen molar-refractivity contribution in [2.24, 2.45) is 0 Å². The molecule has 2 heterocycles. The number of rotatable bonds is 4. The van der Waals surface area contributed by atoms with Crippen molar-refractivity contribution >= 4 is 11.7 Å². The highest BCUT2D eigenvalue weighted by molar-refractivity contribution is 5.92. The molecule has 0 spiro atoms. The van der Waals surface area contributed by atoms with Crippen LogP contribution in [-0.4, -0.2) is 39.4 Å². The van der Waals surface area contributed by atoms with Crippen molar-refractivity contribution < 1.29 is 14.3 Å². The van der Waals surface area contributed by atoms with Crippen LogP contribution in [0.2, 0.25) is 0 Å². The molecule has 0 saturated carbocycles. The molecular weight excluding hydrogens is 250 g/mol. The summed E-state index contributed by atoms with van der Waals surface area (Å²) in [6.07, 6.45) is 4.43. The van der Waals surface area contributed by atoms with Crippen LogP contribution in [0.5, 0.6) is 5.88 Å². The Kier molecular flexibility index (Phi) is 3.60. The van der Waals surface area contributed by atoms with Crippen LogP contribution in [0.15, 0.2) is 18.6 Å². The summed E-state index contributed by atoms with van der Waals surface area (Å²) in [6.45, 7) is 1.95. The molecule has 0 amide bonds. The van der Waals surface area contributed by atoms with Crippen molar-refractivity contribution in [1.82, 2.24) is 19.7 Å². The lowest BCUT2D eigenvalue weighted by molar-refractivity contribution is 0.0520. The van der Waals surface area contributed by atoms with E-state index in [1.807, 2.05) is 0 Å². The van der Waals surface area contributed by atoms with E-state index in [2.05, 4.69) is 15.1 Å². The van der Waals surface area contributed by atoms with Gasteiger partial charge in [0.25, 0.3) is 5.88 Å². The minimum absolute atomic E-state index is 0.0366. The highest BCUT2D eigenvalue weighted by Crippen LogP contribution is 2.19.